The summed E-state index contributed by atoms with van der Waals surface area (Å²) in [5, 5.41) is 4.53. The quantitative estimate of drug-likeness (QED) is 0.662. The predicted octanol–water partition coefficient (Wildman–Crippen LogP) is 4.46. The first kappa shape index (κ1) is 18.1. The van der Waals surface area contributed by atoms with Crippen LogP contribution in [0.4, 0.5) is 4.39 Å². The van der Waals surface area contributed by atoms with Gasteiger partial charge in [0.05, 0.1) is 17.2 Å². The molecular formula is C19H17ClFN3O2. The Kier molecular flexibility index (Phi) is 5.32. The van der Waals surface area contributed by atoms with Gasteiger partial charge < -0.3 is 4.74 Å². The summed E-state index contributed by atoms with van der Waals surface area (Å²) in [4.78, 5) is 17.1. The van der Waals surface area contributed by atoms with Crippen molar-refractivity contribution in [2.45, 2.75) is 13.8 Å². The summed E-state index contributed by atoms with van der Waals surface area (Å²) in [6, 6.07) is 12.7. The summed E-state index contributed by atoms with van der Waals surface area (Å²) in [6.45, 7) is 4.35. The molecule has 0 amide bonds. The number of halogens is 2. The van der Waals surface area contributed by atoms with Crippen LogP contribution in [0.1, 0.15) is 24.2 Å². The molecule has 0 unspecified atom stereocenters. The number of hydrogen-bond acceptors (Lipinski definition) is 4. The maximum Gasteiger partial charge on any atom is 0.336 e. The Bertz CT molecular complexity index is 940. The molecule has 0 atom stereocenters. The molecule has 0 N–H and O–H groups in total. The Balaban J connectivity index is 2.09. The third-order valence-corrected chi connectivity index (χ3v) is 3.87. The molecule has 0 bridgehead atoms. The molecule has 3 rings (SSSR count). The van der Waals surface area contributed by atoms with Gasteiger partial charge in [0.1, 0.15) is 5.82 Å². The average molecular weight is 374 g/mol. The van der Waals surface area contributed by atoms with Crippen LogP contribution in [0, 0.1) is 11.7 Å². The molecule has 1 heterocycles. The standard InChI is InChI=1S/C19H17ClFN3O2/c1-12(2)11-26-19-22-17(13-7-3-5-9-15(13)20)24(23-19)18(25)14-8-4-6-10-16(14)21/h3-10,12H,11H2,1-2H3. The highest BCUT2D eigenvalue weighted by atomic mass is 35.5. The zero-order valence-corrected chi connectivity index (χ0v) is 15.1. The van der Waals surface area contributed by atoms with Crippen LogP contribution in [-0.4, -0.2) is 27.3 Å². The van der Waals surface area contributed by atoms with E-state index in [1.807, 2.05) is 13.8 Å². The summed E-state index contributed by atoms with van der Waals surface area (Å²) in [5.74, 6) is -0.830. The molecule has 3 aromatic rings. The van der Waals surface area contributed by atoms with Crippen molar-refractivity contribution in [3.8, 4) is 17.4 Å². The summed E-state index contributed by atoms with van der Waals surface area (Å²) in [6.07, 6.45) is 0. The number of ether oxygens (including phenoxy) is 1. The molecule has 0 saturated carbocycles. The van der Waals surface area contributed by atoms with E-state index in [2.05, 4.69) is 10.1 Å². The Labute approximate surface area is 155 Å². The van der Waals surface area contributed by atoms with E-state index in [1.165, 1.54) is 18.2 Å². The molecule has 0 aliphatic rings. The molecular weight excluding hydrogens is 357 g/mol. The van der Waals surface area contributed by atoms with Crippen LogP contribution in [0.15, 0.2) is 48.5 Å². The van der Waals surface area contributed by atoms with Gasteiger partial charge in [0.25, 0.3) is 5.91 Å². The Morgan fingerprint density at radius 2 is 1.88 bits per heavy atom. The van der Waals surface area contributed by atoms with E-state index in [9.17, 15) is 9.18 Å². The molecule has 0 radical (unpaired) electrons. The summed E-state index contributed by atoms with van der Waals surface area (Å²) in [5.41, 5.74) is 0.395. The van der Waals surface area contributed by atoms with Gasteiger partial charge in [0, 0.05) is 5.56 Å². The van der Waals surface area contributed by atoms with Crippen LogP contribution in [-0.2, 0) is 0 Å². The molecule has 7 heteroatoms. The second kappa shape index (κ2) is 7.66. The molecule has 2 aromatic carbocycles. The normalized spacial score (nSPS) is 11.0. The smallest absolute Gasteiger partial charge is 0.336 e. The fourth-order valence-corrected chi connectivity index (χ4v) is 2.52. The Hall–Kier alpha value is -2.73. The lowest BCUT2D eigenvalue weighted by atomic mass is 10.2. The van der Waals surface area contributed by atoms with Gasteiger partial charge in [-0.05, 0) is 30.2 Å². The minimum absolute atomic E-state index is 0.0401. The Morgan fingerprint density at radius 3 is 2.58 bits per heavy atom. The van der Waals surface area contributed by atoms with E-state index < -0.39 is 11.7 Å². The zero-order chi connectivity index (χ0) is 18.7. The number of benzene rings is 2. The van der Waals surface area contributed by atoms with Crippen molar-refractivity contribution in [2.75, 3.05) is 6.61 Å². The van der Waals surface area contributed by atoms with Crippen LogP contribution in [0.2, 0.25) is 5.02 Å². The molecule has 5 nitrogen and oxygen atoms in total. The van der Waals surface area contributed by atoms with Gasteiger partial charge in [-0.3, -0.25) is 4.79 Å². The van der Waals surface area contributed by atoms with Crippen LogP contribution in [0.5, 0.6) is 6.01 Å². The molecule has 1 aromatic heterocycles. The third-order valence-electron chi connectivity index (χ3n) is 3.54. The van der Waals surface area contributed by atoms with Crippen molar-refractivity contribution >= 4 is 17.5 Å². The predicted molar refractivity (Wildman–Crippen MR) is 96.9 cm³/mol. The van der Waals surface area contributed by atoms with Gasteiger partial charge in [-0.1, -0.05) is 49.7 Å². The van der Waals surface area contributed by atoms with E-state index >= 15 is 0 Å². The second-order valence-electron chi connectivity index (χ2n) is 6.10. The first-order chi connectivity index (χ1) is 12.5. The highest BCUT2D eigenvalue weighted by Crippen LogP contribution is 2.28. The van der Waals surface area contributed by atoms with Crippen molar-refractivity contribution in [1.29, 1.82) is 0 Å². The lowest BCUT2D eigenvalue weighted by molar-refractivity contribution is 0.0940. The van der Waals surface area contributed by atoms with Gasteiger partial charge in [-0.15, -0.1) is 5.10 Å². The molecule has 134 valence electrons. The van der Waals surface area contributed by atoms with Crippen molar-refractivity contribution in [3.63, 3.8) is 0 Å². The monoisotopic (exact) mass is 373 g/mol. The lowest BCUT2D eigenvalue weighted by Crippen LogP contribution is -2.17. The average Bonchev–Trinajstić information content (AvgIpc) is 3.04. The van der Waals surface area contributed by atoms with Crippen molar-refractivity contribution in [1.82, 2.24) is 14.8 Å². The molecule has 0 aliphatic heterocycles. The second-order valence-corrected chi connectivity index (χ2v) is 6.51. The van der Waals surface area contributed by atoms with E-state index in [-0.39, 0.29) is 23.3 Å². The SMILES string of the molecule is CC(C)COc1nc(-c2ccccc2Cl)n(C(=O)c2ccccc2F)n1. The fraction of sp³-hybridized carbons (Fsp3) is 0.211. The first-order valence-electron chi connectivity index (χ1n) is 8.11. The highest BCUT2D eigenvalue weighted by molar-refractivity contribution is 6.33. The van der Waals surface area contributed by atoms with E-state index in [0.717, 1.165) is 4.68 Å². The van der Waals surface area contributed by atoms with Crippen molar-refractivity contribution < 1.29 is 13.9 Å². The number of aromatic nitrogens is 3. The largest absolute Gasteiger partial charge is 0.462 e. The maximum atomic E-state index is 14.1. The van der Waals surface area contributed by atoms with E-state index in [4.69, 9.17) is 16.3 Å². The first-order valence-corrected chi connectivity index (χ1v) is 8.49. The molecule has 26 heavy (non-hydrogen) atoms. The summed E-state index contributed by atoms with van der Waals surface area (Å²) >= 11 is 6.24. The summed E-state index contributed by atoms with van der Waals surface area (Å²) in [7, 11) is 0. The Morgan fingerprint density at radius 1 is 1.19 bits per heavy atom. The van der Waals surface area contributed by atoms with Gasteiger partial charge >= 0.3 is 6.01 Å². The number of rotatable bonds is 5. The molecule has 0 fully saturated rings. The van der Waals surface area contributed by atoms with Crippen LogP contribution in [0.25, 0.3) is 11.4 Å². The molecule has 0 saturated heterocycles. The van der Waals surface area contributed by atoms with E-state index in [0.29, 0.717) is 17.2 Å². The number of nitrogens with zero attached hydrogens (tertiary/aromatic N) is 3. The third kappa shape index (κ3) is 3.75. The number of hydrogen-bond donors (Lipinski definition) is 0. The highest BCUT2D eigenvalue weighted by Gasteiger charge is 2.23. The molecule has 0 spiro atoms. The van der Waals surface area contributed by atoms with Crippen molar-refractivity contribution in [2.24, 2.45) is 5.92 Å². The van der Waals surface area contributed by atoms with Gasteiger partial charge in [0.15, 0.2) is 5.82 Å². The van der Waals surface area contributed by atoms with Crippen LogP contribution in [0.3, 0.4) is 0 Å². The van der Waals surface area contributed by atoms with E-state index in [1.54, 1.807) is 30.3 Å². The van der Waals surface area contributed by atoms with Gasteiger partial charge in [-0.2, -0.15) is 9.67 Å². The fourth-order valence-electron chi connectivity index (χ4n) is 2.30. The zero-order valence-electron chi connectivity index (χ0n) is 14.3. The minimum Gasteiger partial charge on any atom is -0.462 e. The molecule has 0 aliphatic carbocycles. The number of carbonyl (C=O) groups excluding carboxylic acids is 1. The van der Waals surface area contributed by atoms with Gasteiger partial charge in [-0.25, -0.2) is 4.39 Å². The summed E-state index contributed by atoms with van der Waals surface area (Å²) < 4.78 is 20.6. The topological polar surface area (TPSA) is 57.0 Å². The lowest BCUT2D eigenvalue weighted by Gasteiger charge is -2.06. The van der Waals surface area contributed by atoms with Gasteiger partial charge in [0.2, 0.25) is 0 Å². The minimum atomic E-state index is -0.648. The van der Waals surface area contributed by atoms with Crippen LogP contribution < -0.4 is 4.74 Å². The number of carbonyl (C=O) groups is 1. The maximum absolute atomic E-state index is 14.1. The van der Waals surface area contributed by atoms with Crippen molar-refractivity contribution in [3.05, 3.63) is 64.9 Å². The van der Waals surface area contributed by atoms with Crippen LogP contribution >= 0.6 is 11.6 Å².